The molecular formula is C8H7ClN2. The van der Waals surface area contributed by atoms with Crippen molar-refractivity contribution in [1.29, 1.82) is 0 Å². The first-order chi connectivity index (χ1) is 5.43. The monoisotopic (exact) mass is 166 g/mol. The smallest absolute Gasteiger partial charge is 0.115 e. The van der Waals surface area contributed by atoms with Crippen LogP contribution < -0.4 is 0 Å². The van der Waals surface area contributed by atoms with Gasteiger partial charge in [-0.25, -0.2) is 9.97 Å². The summed E-state index contributed by atoms with van der Waals surface area (Å²) in [6, 6.07) is 0. The van der Waals surface area contributed by atoms with E-state index in [0.717, 1.165) is 5.56 Å². The van der Waals surface area contributed by atoms with Crippen LogP contribution in [-0.4, -0.2) is 15.8 Å². The molecule has 0 N–H and O–H groups in total. The van der Waals surface area contributed by atoms with Gasteiger partial charge in [0.25, 0.3) is 0 Å². The average Bonchev–Trinajstić information content (AvgIpc) is 2.07. The highest BCUT2D eigenvalue weighted by Crippen LogP contribution is 1.89. The minimum absolute atomic E-state index is 0.570. The van der Waals surface area contributed by atoms with Crippen LogP contribution >= 0.6 is 11.6 Å². The van der Waals surface area contributed by atoms with Crippen LogP contribution in [0.25, 0.3) is 0 Å². The highest BCUT2D eigenvalue weighted by atomic mass is 35.5. The van der Waals surface area contributed by atoms with Gasteiger partial charge in [0.2, 0.25) is 0 Å². The SMILES string of the molecule is ClCCC#Cc1cncnc1. The topological polar surface area (TPSA) is 25.8 Å². The van der Waals surface area contributed by atoms with Crippen molar-refractivity contribution < 1.29 is 0 Å². The average molecular weight is 167 g/mol. The molecule has 0 aliphatic heterocycles. The number of rotatable bonds is 1. The molecule has 1 rings (SSSR count). The first-order valence-electron chi connectivity index (χ1n) is 3.23. The van der Waals surface area contributed by atoms with Crippen molar-refractivity contribution in [3.63, 3.8) is 0 Å². The minimum Gasteiger partial charge on any atom is -0.244 e. The number of hydrogen-bond acceptors (Lipinski definition) is 2. The van der Waals surface area contributed by atoms with Gasteiger partial charge in [-0.15, -0.1) is 11.6 Å². The summed E-state index contributed by atoms with van der Waals surface area (Å²) in [5.41, 5.74) is 0.831. The largest absolute Gasteiger partial charge is 0.244 e. The summed E-state index contributed by atoms with van der Waals surface area (Å²) in [7, 11) is 0. The molecule has 0 saturated heterocycles. The number of hydrogen-bond donors (Lipinski definition) is 0. The summed E-state index contributed by atoms with van der Waals surface area (Å²) in [5.74, 6) is 6.35. The Kier molecular flexibility index (Phi) is 3.43. The molecule has 3 heteroatoms. The van der Waals surface area contributed by atoms with E-state index in [4.69, 9.17) is 11.6 Å². The Bertz CT molecular complexity index is 260. The van der Waals surface area contributed by atoms with Crippen molar-refractivity contribution in [1.82, 2.24) is 9.97 Å². The van der Waals surface area contributed by atoms with E-state index in [1.54, 1.807) is 12.4 Å². The van der Waals surface area contributed by atoms with Crippen LogP contribution in [0.2, 0.25) is 0 Å². The van der Waals surface area contributed by atoms with E-state index < -0.39 is 0 Å². The Hall–Kier alpha value is -1.07. The molecule has 0 amide bonds. The second-order valence-corrected chi connectivity index (χ2v) is 2.25. The van der Waals surface area contributed by atoms with Gasteiger partial charge in [0.05, 0.1) is 5.56 Å². The van der Waals surface area contributed by atoms with Gasteiger partial charge >= 0.3 is 0 Å². The zero-order valence-corrected chi connectivity index (χ0v) is 6.67. The second kappa shape index (κ2) is 4.70. The Morgan fingerprint density at radius 2 is 2.09 bits per heavy atom. The Balaban J connectivity index is 2.59. The minimum atomic E-state index is 0.570. The van der Waals surface area contributed by atoms with Crippen LogP contribution in [0.15, 0.2) is 18.7 Å². The molecule has 0 unspecified atom stereocenters. The van der Waals surface area contributed by atoms with E-state index in [9.17, 15) is 0 Å². The van der Waals surface area contributed by atoms with Gasteiger partial charge in [0.1, 0.15) is 6.33 Å². The molecule has 56 valence electrons. The Labute approximate surface area is 70.6 Å². The van der Waals surface area contributed by atoms with Crippen LogP contribution in [0, 0.1) is 11.8 Å². The van der Waals surface area contributed by atoms with E-state index in [2.05, 4.69) is 21.8 Å². The third-order valence-electron chi connectivity index (χ3n) is 1.01. The highest BCUT2D eigenvalue weighted by Gasteiger charge is 1.81. The highest BCUT2D eigenvalue weighted by molar-refractivity contribution is 6.18. The van der Waals surface area contributed by atoms with Crippen molar-refractivity contribution in [2.45, 2.75) is 6.42 Å². The molecule has 0 spiro atoms. The third kappa shape index (κ3) is 3.01. The Morgan fingerprint density at radius 3 is 2.73 bits per heavy atom. The van der Waals surface area contributed by atoms with Crippen molar-refractivity contribution in [3.05, 3.63) is 24.3 Å². The quantitative estimate of drug-likeness (QED) is 0.466. The number of aromatic nitrogens is 2. The molecule has 1 heterocycles. The van der Waals surface area contributed by atoms with E-state index in [0.29, 0.717) is 12.3 Å². The molecule has 2 nitrogen and oxygen atoms in total. The predicted octanol–water partition coefficient (Wildman–Crippen LogP) is 1.46. The van der Waals surface area contributed by atoms with Crippen LogP contribution in [0.3, 0.4) is 0 Å². The van der Waals surface area contributed by atoms with Crippen LogP contribution in [0.1, 0.15) is 12.0 Å². The lowest BCUT2D eigenvalue weighted by molar-refractivity contribution is 1.15. The standard InChI is InChI=1S/C8H7ClN2/c9-4-2-1-3-8-5-10-7-11-6-8/h5-7H,2,4H2. The van der Waals surface area contributed by atoms with Gasteiger partial charge in [0, 0.05) is 24.7 Å². The van der Waals surface area contributed by atoms with Crippen LogP contribution in [0.5, 0.6) is 0 Å². The molecule has 0 atom stereocenters. The summed E-state index contributed by atoms with van der Waals surface area (Å²) < 4.78 is 0. The maximum absolute atomic E-state index is 5.43. The molecular weight excluding hydrogens is 160 g/mol. The van der Waals surface area contributed by atoms with Crippen molar-refractivity contribution >= 4 is 11.6 Å². The molecule has 0 fully saturated rings. The van der Waals surface area contributed by atoms with E-state index in [-0.39, 0.29) is 0 Å². The van der Waals surface area contributed by atoms with E-state index >= 15 is 0 Å². The van der Waals surface area contributed by atoms with Crippen molar-refractivity contribution in [2.24, 2.45) is 0 Å². The van der Waals surface area contributed by atoms with Gasteiger partial charge in [0.15, 0.2) is 0 Å². The van der Waals surface area contributed by atoms with Gasteiger partial charge < -0.3 is 0 Å². The van der Waals surface area contributed by atoms with Crippen molar-refractivity contribution in [3.8, 4) is 11.8 Å². The normalized spacial score (nSPS) is 8.45. The number of alkyl halides is 1. The predicted molar refractivity (Wildman–Crippen MR) is 44.2 cm³/mol. The number of halogens is 1. The van der Waals surface area contributed by atoms with Gasteiger partial charge in [-0.1, -0.05) is 11.8 Å². The number of nitrogens with zero attached hydrogens (tertiary/aromatic N) is 2. The van der Waals surface area contributed by atoms with Crippen LogP contribution in [-0.2, 0) is 0 Å². The maximum Gasteiger partial charge on any atom is 0.115 e. The summed E-state index contributed by atoms with van der Waals surface area (Å²) in [5, 5.41) is 0. The fraction of sp³-hybridized carbons (Fsp3) is 0.250. The van der Waals surface area contributed by atoms with Gasteiger partial charge in [-0.3, -0.25) is 0 Å². The first kappa shape index (κ1) is 8.03. The summed E-state index contributed by atoms with van der Waals surface area (Å²) >= 11 is 5.43. The molecule has 0 radical (unpaired) electrons. The summed E-state index contributed by atoms with van der Waals surface area (Å²) in [6.45, 7) is 0. The molecule has 0 saturated carbocycles. The van der Waals surface area contributed by atoms with E-state index in [1.807, 2.05) is 0 Å². The molecule has 11 heavy (non-hydrogen) atoms. The fourth-order valence-electron chi connectivity index (χ4n) is 0.575. The molecule has 0 bridgehead atoms. The Morgan fingerprint density at radius 1 is 1.36 bits per heavy atom. The molecule has 1 aromatic rings. The van der Waals surface area contributed by atoms with Gasteiger partial charge in [-0.05, 0) is 0 Å². The van der Waals surface area contributed by atoms with Crippen molar-refractivity contribution in [2.75, 3.05) is 5.88 Å². The third-order valence-corrected chi connectivity index (χ3v) is 1.20. The second-order valence-electron chi connectivity index (χ2n) is 1.87. The fourth-order valence-corrected chi connectivity index (χ4v) is 0.670. The molecule has 1 aromatic heterocycles. The summed E-state index contributed by atoms with van der Waals surface area (Å²) in [6.07, 6.45) is 5.53. The lowest BCUT2D eigenvalue weighted by Gasteiger charge is -1.83. The molecule has 0 aliphatic rings. The lowest BCUT2D eigenvalue weighted by Crippen LogP contribution is -1.79. The zero-order chi connectivity index (χ0) is 7.94. The molecule has 0 aliphatic carbocycles. The van der Waals surface area contributed by atoms with Gasteiger partial charge in [-0.2, -0.15) is 0 Å². The first-order valence-corrected chi connectivity index (χ1v) is 3.77. The van der Waals surface area contributed by atoms with E-state index in [1.165, 1.54) is 6.33 Å². The summed E-state index contributed by atoms with van der Waals surface area (Å²) in [4.78, 5) is 7.63. The zero-order valence-electron chi connectivity index (χ0n) is 5.92. The maximum atomic E-state index is 5.43. The lowest BCUT2D eigenvalue weighted by atomic mass is 10.3. The molecule has 0 aromatic carbocycles. The van der Waals surface area contributed by atoms with Crippen LogP contribution in [0.4, 0.5) is 0 Å².